The van der Waals surface area contributed by atoms with Crippen LogP contribution in [0.4, 0.5) is 0 Å². The molecule has 0 aliphatic heterocycles. The normalized spacial score (nSPS) is 19.6. The van der Waals surface area contributed by atoms with Crippen LogP contribution in [0, 0.1) is 6.92 Å². The van der Waals surface area contributed by atoms with Crippen molar-refractivity contribution in [2.45, 2.75) is 58.5 Å². The van der Waals surface area contributed by atoms with E-state index in [9.17, 15) is 5.11 Å². The van der Waals surface area contributed by atoms with Crippen LogP contribution in [-0.4, -0.2) is 10.1 Å². The van der Waals surface area contributed by atoms with Crippen LogP contribution in [-0.2, 0) is 12.8 Å². The van der Waals surface area contributed by atoms with Gasteiger partial charge in [0.15, 0.2) is 0 Å². The second-order valence-corrected chi connectivity index (χ2v) is 4.80. The van der Waals surface area contributed by atoms with Crippen LogP contribution < -0.4 is 0 Å². The lowest BCUT2D eigenvalue weighted by atomic mass is 9.88. The SMILES string of the molecule is CCCCc1cc(C)nc2c1CCCC2O. The Bertz CT molecular complexity index is 373. The molecule has 0 radical (unpaired) electrons. The summed E-state index contributed by atoms with van der Waals surface area (Å²) in [6, 6.07) is 2.20. The largest absolute Gasteiger partial charge is 0.387 e. The fourth-order valence-corrected chi connectivity index (χ4v) is 2.56. The zero-order valence-corrected chi connectivity index (χ0v) is 10.3. The van der Waals surface area contributed by atoms with E-state index in [0.717, 1.165) is 37.1 Å². The zero-order valence-electron chi connectivity index (χ0n) is 10.3. The van der Waals surface area contributed by atoms with Crippen molar-refractivity contribution in [3.63, 3.8) is 0 Å². The van der Waals surface area contributed by atoms with E-state index in [4.69, 9.17) is 0 Å². The lowest BCUT2D eigenvalue weighted by molar-refractivity contribution is 0.151. The third kappa shape index (κ3) is 2.27. The summed E-state index contributed by atoms with van der Waals surface area (Å²) < 4.78 is 0. The molecule has 2 nitrogen and oxygen atoms in total. The molecule has 1 heterocycles. The maximum absolute atomic E-state index is 9.97. The highest BCUT2D eigenvalue weighted by Crippen LogP contribution is 2.31. The number of aliphatic hydroxyl groups excluding tert-OH is 1. The van der Waals surface area contributed by atoms with E-state index < -0.39 is 0 Å². The van der Waals surface area contributed by atoms with Gasteiger partial charge in [-0.2, -0.15) is 0 Å². The van der Waals surface area contributed by atoms with Gasteiger partial charge in [0.1, 0.15) is 0 Å². The number of nitrogens with zero attached hydrogens (tertiary/aromatic N) is 1. The molecular formula is C14H21NO. The van der Waals surface area contributed by atoms with Gasteiger partial charge in [0.2, 0.25) is 0 Å². The second kappa shape index (κ2) is 4.96. The average Bonchev–Trinajstić information content (AvgIpc) is 2.27. The maximum Gasteiger partial charge on any atom is 0.0962 e. The van der Waals surface area contributed by atoms with E-state index in [2.05, 4.69) is 18.0 Å². The number of aryl methyl sites for hydroxylation is 2. The number of hydrogen-bond acceptors (Lipinski definition) is 2. The smallest absolute Gasteiger partial charge is 0.0962 e. The highest BCUT2D eigenvalue weighted by Gasteiger charge is 2.22. The van der Waals surface area contributed by atoms with Crippen molar-refractivity contribution in [1.82, 2.24) is 4.98 Å². The van der Waals surface area contributed by atoms with Crippen LogP contribution in [0.5, 0.6) is 0 Å². The summed E-state index contributed by atoms with van der Waals surface area (Å²) in [6.45, 7) is 4.24. The van der Waals surface area contributed by atoms with E-state index in [-0.39, 0.29) is 6.10 Å². The number of hydrogen-bond donors (Lipinski definition) is 1. The maximum atomic E-state index is 9.97. The average molecular weight is 219 g/mol. The van der Waals surface area contributed by atoms with Crippen LogP contribution in [0.25, 0.3) is 0 Å². The van der Waals surface area contributed by atoms with Gasteiger partial charge in [-0.15, -0.1) is 0 Å². The van der Waals surface area contributed by atoms with Gasteiger partial charge in [-0.1, -0.05) is 13.3 Å². The van der Waals surface area contributed by atoms with E-state index in [1.54, 1.807) is 0 Å². The Balaban J connectivity index is 2.36. The molecule has 1 unspecified atom stereocenters. The summed E-state index contributed by atoms with van der Waals surface area (Å²) in [5.41, 5.74) is 4.75. The summed E-state index contributed by atoms with van der Waals surface area (Å²) in [6.07, 6.45) is 6.32. The summed E-state index contributed by atoms with van der Waals surface area (Å²) in [5, 5.41) is 9.97. The topological polar surface area (TPSA) is 33.1 Å². The first-order valence-electron chi connectivity index (χ1n) is 6.39. The molecule has 2 rings (SSSR count). The monoisotopic (exact) mass is 219 g/mol. The van der Waals surface area contributed by atoms with Crippen molar-refractivity contribution >= 4 is 0 Å². The molecule has 0 saturated carbocycles. The first kappa shape index (κ1) is 11.6. The van der Waals surface area contributed by atoms with E-state index in [1.807, 2.05) is 6.92 Å². The van der Waals surface area contributed by atoms with Crippen molar-refractivity contribution in [1.29, 1.82) is 0 Å². The Morgan fingerprint density at radius 1 is 1.50 bits per heavy atom. The Hall–Kier alpha value is -0.890. The molecule has 16 heavy (non-hydrogen) atoms. The minimum Gasteiger partial charge on any atom is -0.387 e. The van der Waals surface area contributed by atoms with Gasteiger partial charge in [-0.25, -0.2) is 0 Å². The number of fused-ring (bicyclic) bond motifs is 1. The van der Waals surface area contributed by atoms with Gasteiger partial charge < -0.3 is 5.11 Å². The number of unbranched alkanes of at least 4 members (excludes halogenated alkanes) is 1. The Labute approximate surface area is 97.7 Å². The van der Waals surface area contributed by atoms with Crippen molar-refractivity contribution in [3.05, 3.63) is 28.6 Å². The number of pyridine rings is 1. The predicted molar refractivity (Wildman–Crippen MR) is 65.5 cm³/mol. The van der Waals surface area contributed by atoms with Crippen molar-refractivity contribution in [2.75, 3.05) is 0 Å². The lowest BCUT2D eigenvalue weighted by Gasteiger charge is -2.23. The summed E-state index contributed by atoms with van der Waals surface area (Å²) in [5.74, 6) is 0. The molecular weight excluding hydrogens is 198 g/mol. The van der Waals surface area contributed by atoms with Crippen LogP contribution >= 0.6 is 0 Å². The van der Waals surface area contributed by atoms with Crippen molar-refractivity contribution < 1.29 is 5.11 Å². The van der Waals surface area contributed by atoms with E-state index >= 15 is 0 Å². The molecule has 0 spiro atoms. The van der Waals surface area contributed by atoms with Gasteiger partial charge >= 0.3 is 0 Å². The fraction of sp³-hybridized carbons (Fsp3) is 0.643. The first-order chi connectivity index (χ1) is 7.72. The molecule has 0 fully saturated rings. The Morgan fingerprint density at radius 2 is 2.31 bits per heavy atom. The van der Waals surface area contributed by atoms with Crippen LogP contribution in [0.3, 0.4) is 0 Å². The summed E-state index contributed by atoms with van der Waals surface area (Å²) in [4.78, 5) is 4.51. The molecule has 1 aromatic heterocycles. The minimum absolute atomic E-state index is 0.330. The third-order valence-corrected chi connectivity index (χ3v) is 3.40. The van der Waals surface area contributed by atoms with Crippen molar-refractivity contribution in [3.8, 4) is 0 Å². The quantitative estimate of drug-likeness (QED) is 0.847. The van der Waals surface area contributed by atoms with Gasteiger partial charge in [-0.05, 0) is 56.2 Å². The molecule has 1 aliphatic carbocycles. The van der Waals surface area contributed by atoms with Crippen LogP contribution in [0.1, 0.15) is 61.2 Å². The molecule has 2 heteroatoms. The Kier molecular flexibility index (Phi) is 3.59. The molecule has 1 N–H and O–H groups in total. The zero-order chi connectivity index (χ0) is 11.5. The third-order valence-electron chi connectivity index (χ3n) is 3.40. The van der Waals surface area contributed by atoms with Crippen molar-refractivity contribution in [2.24, 2.45) is 0 Å². The Morgan fingerprint density at radius 3 is 3.06 bits per heavy atom. The summed E-state index contributed by atoms with van der Waals surface area (Å²) in [7, 11) is 0. The lowest BCUT2D eigenvalue weighted by Crippen LogP contribution is -2.14. The van der Waals surface area contributed by atoms with Gasteiger partial charge in [0.05, 0.1) is 11.8 Å². The number of aliphatic hydroxyl groups is 1. The molecule has 1 atom stereocenters. The fourth-order valence-electron chi connectivity index (χ4n) is 2.56. The first-order valence-corrected chi connectivity index (χ1v) is 6.39. The highest BCUT2D eigenvalue weighted by atomic mass is 16.3. The van der Waals surface area contributed by atoms with Gasteiger partial charge in [-0.3, -0.25) is 4.98 Å². The minimum atomic E-state index is -0.330. The molecule has 0 amide bonds. The molecule has 88 valence electrons. The molecule has 0 saturated heterocycles. The van der Waals surface area contributed by atoms with Gasteiger partial charge in [0.25, 0.3) is 0 Å². The molecule has 1 aliphatic rings. The van der Waals surface area contributed by atoms with E-state index in [0.29, 0.717) is 0 Å². The summed E-state index contributed by atoms with van der Waals surface area (Å²) >= 11 is 0. The molecule has 0 aromatic carbocycles. The van der Waals surface area contributed by atoms with Crippen LogP contribution in [0.15, 0.2) is 6.07 Å². The molecule has 1 aromatic rings. The van der Waals surface area contributed by atoms with E-state index in [1.165, 1.54) is 24.0 Å². The van der Waals surface area contributed by atoms with Gasteiger partial charge in [0, 0.05) is 5.69 Å². The number of aromatic nitrogens is 1. The molecule has 0 bridgehead atoms. The predicted octanol–water partition coefficient (Wildman–Crippen LogP) is 3.10. The number of rotatable bonds is 3. The van der Waals surface area contributed by atoms with Crippen LogP contribution in [0.2, 0.25) is 0 Å². The highest BCUT2D eigenvalue weighted by molar-refractivity contribution is 5.35. The standard InChI is InChI=1S/C14H21NO/c1-3-4-6-11-9-10(2)15-14-12(11)7-5-8-13(14)16/h9,13,16H,3-8H2,1-2H3. The second-order valence-electron chi connectivity index (χ2n) is 4.80.